The smallest absolute Gasteiger partial charge is 0.0917 e. The van der Waals surface area contributed by atoms with E-state index in [0.717, 1.165) is 18.6 Å². The van der Waals surface area contributed by atoms with Crippen molar-refractivity contribution in [3.05, 3.63) is 34.9 Å². The fraction of sp³-hybridized carbons (Fsp3) is 0.625. The number of aliphatic hydroxyl groups excluding tert-OH is 1. The van der Waals surface area contributed by atoms with Gasteiger partial charge in [0.25, 0.3) is 0 Å². The maximum absolute atomic E-state index is 10.4. The molecule has 1 heterocycles. The standard InChI is InChI=1S/C16H25NO2/c1-11-7-12(2)9-14(8-11)16(18)10-17(4)15-5-6-19-13(15)3/h7-9,13,15-16,18H,5-6,10H2,1-4H3. The number of rotatable bonds is 4. The van der Waals surface area contributed by atoms with Crippen LogP contribution in [0.15, 0.2) is 18.2 Å². The molecule has 0 aromatic heterocycles. The average Bonchev–Trinajstić information content (AvgIpc) is 2.74. The third-order valence-electron chi connectivity index (χ3n) is 3.99. The van der Waals surface area contributed by atoms with Gasteiger partial charge in [-0.2, -0.15) is 0 Å². The highest BCUT2D eigenvalue weighted by Crippen LogP contribution is 2.22. The zero-order valence-electron chi connectivity index (χ0n) is 12.4. The van der Waals surface area contributed by atoms with E-state index in [1.165, 1.54) is 11.1 Å². The summed E-state index contributed by atoms with van der Waals surface area (Å²) in [5, 5.41) is 10.4. The molecule has 1 aliphatic rings. The maximum Gasteiger partial charge on any atom is 0.0917 e. The lowest BCUT2D eigenvalue weighted by Gasteiger charge is -2.28. The van der Waals surface area contributed by atoms with Gasteiger partial charge in [0.1, 0.15) is 0 Å². The molecule has 1 aromatic carbocycles. The van der Waals surface area contributed by atoms with Gasteiger partial charge in [0.15, 0.2) is 0 Å². The number of benzene rings is 1. The van der Waals surface area contributed by atoms with Crippen molar-refractivity contribution in [3.63, 3.8) is 0 Å². The van der Waals surface area contributed by atoms with E-state index in [1.54, 1.807) is 0 Å². The van der Waals surface area contributed by atoms with Crippen molar-refractivity contribution >= 4 is 0 Å². The second kappa shape index (κ2) is 6.04. The van der Waals surface area contributed by atoms with Crippen molar-refractivity contribution in [2.75, 3.05) is 20.2 Å². The Kier molecular flexibility index (Phi) is 4.61. The minimum absolute atomic E-state index is 0.261. The predicted octanol–water partition coefficient (Wildman–Crippen LogP) is 2.45. The summed E-state index contributed by atoms with van der Waals surface area (Å²) in [4.78, 5) is 2.22. The molecule has 2 rings (SSSR count). The quantitative estimate of drug-likeness (QED) is 0.905. The molecular weight excluding hydrogens is 238 g/mol. The summed E-state index contributed by atoms with van der Waals surface area (Å²) >= 11 is 0. The van der Waals surface area contributed by atoms with E-state index in [2.05, 4.69) is 50.9 Å². The Morgan fingerprint density at radius 1 is 1.32 bits per heavy atom. The molecule has 19 heavy (non-hydrogen) atoms. The molecule has 1 fully saturated rings. The van der Waals surface area contributed by atoms with Gasteiger partial charge < -0.3 is 9.84 Å². The molecule has 0 aliphatic carbocycles. The molecule has 0 spiro atoms. The molecule has 1 aliphatic heterocycles. The van der Waals surface area contributed by atoms with Crippen LogP contribution in [-0.4, -0.2) is 42.4 Å². The molecule has 0 saturated carbocycles. The van der Waals surface area contributed by atoms with Crippen LogP contribution >= 0.6 is 0 Å². The predicted molar refractivity (Wildman–Crippen MR) is 77.3 cm³/mol. The molecule has 3 unspecified atom stereocenters. The molecule has 1 N–H and O–H groups in total. The largest absolute Gasteiger partial charge is 0.387 e. The Morgan fingerprint density at radius 3 is 2.47 bits per heavy atom. The summed E-state index contributed by atoms with van der Waals surface area (Å²) < 4.78 is 5.59. The third kappa shape index (κ3) is 3.56. The minimum Gasteiger partial charge on any atom is -0.387 e. The monoisotopic (exact) mass is 263 g/mol. The van der Waals surface area contributed by atoms with E-state index in [0.29, 0.717) is 12.6 Å². The first-order chi connectivity index (χ1) is 8.97. The second-order valence-electron chi connectivity index (χ2n) is 5.81. The van der Waals surface area contributed by atoms with E-state index in [4.69, 9.17) is 4.74 Å². The lowest BCUT2D eigenvalue weighted by Crippen LogP contribution is -2.39. The molecule has 1 aromatic rings. The highest BCUT2D eigenvalue weighted by molar-refractivity contribution is 5.30. The molecule has 0 radical (unpaired) electrons. The first-order valence-corrected chi connectivity index (χ1v) is 7.05. The minimum atomic E-state index is -0.434. The Hall–Kier alpha value is -0.900. The Labute approximate surface area is 116 Å². The number of hydrogen-bond donors (Lipinski definition) is 1. The van der Waals surface area contributed by atoms with Crippen LogP contribution in [0, 0.1) is 13.8 Å². The van der Waals surface area contributed by atoms with Gasteiger partial charge in [0.05, 0.1) is 12.2 Å². The van der Waals surface area contributed by atoms with E-state index in [1.807, 2.05) is 0 Å². The van der Waals surface area contributed by atoms with E-state index in [9.17, 15) is 5.11 Å². The Bertz CT molecular complexity index is 413. The van der Waals surface area contributed by atoms with Crippen LogP contribution in [-0.2, 0) is 4.74 Å². The maximum atomic E-state index is 10.4. The van der Waals surface area contributed by atoms with Crippen molar-refractivity contribution in [2.24, 2.45) is 0 Å². The topological polar surface area (TPSA) is 32.7 Å². The van der Waals surface area contributed by atoms with Gasteiger partial charge in [-0.25, -0.2) is 0 Å². The van der Waals surface area contributed by atoms with Crippen molar-refractivity contribution in [1.29, 1.82) is 0 Å². The first kappa shape index (κ1) is 14.5. The van der Waals surface area contributed by atoms with Gasteiger partial charge in [-0.1, -0.05) is 29.3 Å². The van der Waals surface area contributed by atoms with Crippen LogP contribution in [0.4, 0.5) is 0 Å². The molecule has 0 bridgehead atoms. The number of aliphatic hydroxyl groups is 1. The van der Waals surface area contributed by atoms with Crippen LogP contribution in [0.2, 0.25) is 0 Å². The highest BCUT2D eigenvalue weighted by Gasteiger charge is 2.28. The second-order valence-corrected chi connectivity index (χ2v) is 5.81. The molecule has 106 valence electrons. The van der Waals surface area contributed by atoms with E-state index < -0.39 is 6.10 Å². The Balaban J connectivity index is 2.01. The first-order valence-electron chi connectivity index (χ1n) is 7.05. The highest BCUT2D eigenvalue weighted by atomic mass is 16.5. The number of ether oxygens (including phenoxy) is 1. The molecule has 3 nitrogen and oxygen atoms in total. The van der Waals surface area contributed by atoms with Crippen LogP contribution in [0.1, 0.15) is 36.1 Å². The normalized spacial score (nSPS) is 24.9. The summed E-state index contributed by atoms with van der Waals surface area (Å²) in [6, 6.07) is 6.69. The van der Waals surface area contributed by atoms with Crippen molar-refractivity contribution in [2.45, 2.75) is 45.4 Å². The molecule has 0 amide bonds. The van der Waals surface area contributed by atoms with Gasteiger partial charge in [-0.15, -0.1) is 0 Å². The Morgan fingerprint density at radius 2 is 1.95 bits per heavy atom. The lowest BCUT2D eigenvalue weighted by molar-refractivity contribution is 0.0579. The van der Waals surface area contributed by atoms with Gasteiger partial charge >= 0.3 is 0 Å². The number of aryl methyl sites for hydroxylation is 2. The van der Waals surface area contributed by atoms with Crippen LogP contribution < -0.4 is 0 Å². The fourth-order valence-corrected chi connectivity index (χ4v) is 3.02. The van der Waals surface area contributed by atoms with Crippen LogP contribution in [0.3, 0.4) is 0 Å². The molecule has 3 atom stereocenters. The lowest BCUT2D eigenvalue weighted by atomic mass is 10.0. The van der Waals surface area contributed by atoms with Crippen LogP contribution in [0.5, 0.6) is 0 Å². The van der Waals surface area contributed by atoms with Gasteiger partial charge in [0.2, 0.25) is 0 Å². The molecular formula is C16H25NO2. The molecule has 3 heteroatoms. The zero-order chi connectivity index (χ0) is 14.0. The SMILES string of the molecule is Cc1cc(C)cc(C(O)CN(C)C2CCOC2C)c1. The van der Waals surface area contributed by atoms with Crippen LogP contribution in [0.25, 0.3) is 0 Å². The van der Waals surface area contributed by atoms with Crippen molar-refractivity contribution in [1.82, 2.24) is 4.90 Å². The average molecular weight is 263 g/mol. The van der Waals surface area contributed by atoms with Gasteiger partial charge in [-0.3, -0.25) is 4.90 Å². The summed E-state index contributed by atoms with van der Waals surface area (Å²) in [5.74, 6) is 0. The van der Waals surface area contributed by atoms with Crippen molar-refractivity contribution in [3.8, 4) is 0 Å². The summed E-state index contributed by atoms with van der Waals surface area (Å²) in [5.41, 5.74) is 3.42. The summed E-state index contributed by atoms with van der Waals surface area (Å²) in [6.07, 6.45) is 0.880. The zero-order valence-corrected chi connectivity index (χ0v) is 12.4. The summed E-state index contributed by atoms with van der Waals surface area (Å²) in [6.45, 7) is 7.73. The van der Waals surface area contributed by atoms with E-state index in [-0.39, 0.29) is 6.10 Å². The third-order valence-corrected chi connectivity index (χ3v) is 3.99. The fourth-order valence-electron chi connectivity index (χ4n) is 3.02. The number of nitrogens with zero attached hydrogens (tertiary/aromatic N) is 1. The van der Waals surface area contributed by atoms with Gasteiger partial charge in [0, 0.05) is 19.2 Å². The number of likely N-dealkylation sites (N-methyl/N-ethyl adjacent to an activating group) is 1. The van der Waals surface area contributed by atoms with Gasteiger partial charge in [-0.05, 0) is 39.8 Å². The van der Waals surface area contributed by atoms with Crippen molar-refractivity contribution < 1.29 is 9.84 Å². The van der Waals surface area contributed by atoms with E-state index >= 15 is 0 Å². The molecule has 1 saturated heterocycles. The summed E-state index contributed by atoms with van der Waals surface area (Å²) in [7, 11) is 2.07. The number of hydrogen-bond acceptors (Lipinski definition) is 3.